The van der Waals surface area contributed by atoms with E-state index in [2.05, 4.69) is 12.2 Å². The molecule has 1 N–H and O–H groups in total. The van der Waals surface area contributed by atoms with Gasteiger partial charge in [-0.3, -0.25) is 4.79 Å². The van der Waals surface area contributed by atoms with Crippen molar-refractivity contribution in [1.82, 2.24) is 5.32 Å². The van der Waals surface area contributed by atoms with Gasteiger partial charge in [0.05, 0.1) is 0 Å². The third kappa shape index (κ3) is 2.84. The lowest BCUT2D eigenvalue weighted by atomic mass is 10.1. The lowest BCUT2D eigenvalue weighted by Crippen LogP contribution is -2.33. The van der Waals surface area contributed by atoms with Crippen LogP contribution in [0.2, 0.25) is 0 Å². The van der Waals surface area contributed by atoms with Crippen molar-refractivity contribution in [2.45, 2.75) is 38.6 Å². The van der Waals surface area contributed by atoms with Crippen molar-refractivity contribution in [3.05, 3.63) is 35.6 Å². The van der Waals surface area contributed by atoms with Crippen LogP contribution >= 0.6 is 0 Å². The highest BCUT2D eigenvalue weighted by atomic mass is 19.1. The van der Waals surface area contributed by atoms with Gasteiger partial charge in [0.1, 0.15) is 5.82 Å². The molecule has 1 aliphatic carbocycles. The average molecular weight is 235 g/mol. The Hall–Kier alpha value is -1.38. The summed E-state index contributed by atoms with van der Waals surface area (Å²) >= 11 is 0. The number of hydrogen-bond acceptors (Lipinski definition) is 1. The highest BCUT2D eigenvalue weighted by Gasteiger charge is 2.43. The molecule has 2 rings (SSSR count). The van der Waals surface area contributed by atoms with E-state index >= 15 is 0 Å². The molecule has 0 saturated heterocycles. The van der Waals surface area contributed by atoms with Crippen LogP contribution in [0.5, 0.6) is 0 Å². The van der Waals surface area contributed by atoms with Gasteiger partial charge in [-0.1, -0.05) is 19.1 Å². The Bertz CT molecular complexity index is 401. The standard InChI is InChI=1S/C14H18FNO/c1-3-9(2)16-14(17)13-8-12(13)10-4-6-11(15)7-5-10/h4-7,9,12-13H,3,8H2,1-2H3,(H,16,17). The van der Waals surface area contributed by atoms with Gasteiger partial charge in [0.25, 0.3) is 0 Å². The fraction of sp³-hybridized carbons (Fsp3) is 0.500. The monoisotopic (exact) mass is 235 g/mol. The predicted octanol–water partition coefficient (Wildman–Crippen LogP) is 2.84. The Balaban J connectivity index is 1.92. The normalized spacial score (nSPS) is 24.2. The molecule has 1 amide bonds. The first-order valence-electron chi connectivity index (χ1n) is 6.17. The molecule has 3 unspecified atom stereocenters. The maximum absolute atomic E-state index is 12.8. The number of hydrogen-bond donors (Lipinski definition) is 1. The van der Waals surface area contributed by atoms with Crippen LogP contribution in [0.3, 0.4) is 0 Å². The first-order chi connectivity index (χ1) is 8.11. The molecule has 0 heterocycles. The van der Waals surface area contributed by atoms with Gasteiger partial charge >= 0.3 is 0 Å². The molecule has 17 heavy (non-hydrogen) atoms. The maximum atomic E-state index is 12.8. The van der Waals surface area contributed by atoms with E-state index in [-0.39, 0.29) is 29.6 Å². The van der Waals surface area contributed by atoms with E-state index in [0.717, 1.165) is 18.4 Å². The minimum atomic E-state index is -0.227. The SMILES string of the molecule is CCC(C)NC(=O)C1CC1c1ccc(F)cc1. The smallest absolute Gasteiger partial charge is 0.223 e. The van der Waals surface area contributed by atoms with E-state index in [1.165, 1.54) is 12.1 Å². The predicted molar refractivity (Wildman–Crippen MR) is 65.1 cm³/mol. The van der Waals surface area contributed by atoms with Gasteiger partial charge in [-0.05, 0) is 43.4 Å². The summed E-state index contributed by atoms with van der Waals surface area (Å²) in [7, 11) is 0. The third-order valence-corrected chi connectivity index (χ3v) is 3.43. The van der Waals surface area contributed by atoms with E-state index in [9.17, 15) is 9.18 Å². The van der Waals surface area contributed by atoms with Crippen LogP contribution in [0.4, 0.5) is 4.39 Å². The Kier molecular flexibility index (Phi) is 3.46. The molecular formula is C14H18FNO. The van der Waals surface area contributed by atoms with Crippen molar-refractivity contribution in [1.29, 1.82) is 0 Å². The summed E-state index contributed by atoms with van der Waals surface area (Å²) in [6, 6.07) is 6.69. The van der Waals surface area contributed by atoms with Crippen molar-refractivity contribution in [2.24, 2.45) is 5.92 Å². The zero-order chi connectivity index (χ0) is 12.4. The van der Waals surface area contributed by atoms with Crippen LogP contribution in [-0.2, 0) is 4.79 Å². The maximum Gasteiger partial charge on any atom is 0.223 e. The van der Waals surface area contributed by atoms with Crippen LogP contribution in [0.25, 0.3) is 0 Å². The summed E-state index contributed by atoms with van der Waals surface area (Å²) in [6.07, 6.45) is 1.83. The van der Waals surface area contributed by atoms with Crippen molar-refractivity contribution < 1.29 is 9.18 Å². The van der Waals surface area contributed by atoms with E-state index in [1.807, 2.05) is 6.92 Å². The summed E-state index contributed by atoms with van der Waals surface area (Å²) in [4.78, 5) is 11.8. The highest BCUT2D eigenvalue weighted by molar-refractivity contribution is 5.83. The second kappa shape index (κ2) is 4.86. The molecular weight excluding hydrogens is 217 g/mol. The first kappa shape index (κ1) is 12.1. The Morgan fingerprint density at radius 3 is 2.71 bits per heavy atom. The fourth-order valence-corrected chi connectivity index (χ4v) is 2.02. The number of nitrogens with one attached hydrogen (secondary N) is 1. The summed E-state index contributed by atoms with van der Waals surface area (Å²) in [5, 5.41) is 2.99. The highest BCUT2D eigenvalue weighted by Crippen LogP contribution is 2.47. The van der Waals surface area contributed by atoms with E-state index < -0.39 is 0 Å². The zero-order valence-corrected chi connectivity index (χ0v) is 10.2. The zero-order valence-electron chi connectivity index (χ0n) is 10.2. The van der Waals surface area contributed by atoms with Crippen LogP contribution in [0.1, 0.15) is 38.2 Å². The molecule has 0 radical (unpaired) electrons. The second-order valence-electron chi connectivity index (χ2n) is 4.82. The molecule has 1 saturated carbocycles. The lowest BCUT2D eigenvalue weighted by Gasteiger charge is -2.11. The van der Waals surface area contributed by atoms with Crippen molar-refractivity contribution in [3.63, 3.8) is 0 Å². The Morgan fingerprint density at radius 1 is 1.47 bits per heavy atom. The van der Waals surface area contributed by atoms with E-state index in [0.29, 0.717) is 0 Å². The minimum Gasteiger partial charge on any atom is -0.353 e. The van der Waals surface area contributed by atoms with Gasteiger partial charge in [0, 0.05) is 12.0 Å². The molecule has 92 valence electrons. The molecule has 2 nitrogen and oxygen atoms in total. The van der Waals surface area contributed by atoms with Crippen molar-refractivity contribution in [2.75, 3.05) is 0 Å². The lowest BCUT2D eigenvalue weighted by molar-refractivity contribution is -0.123. The molecule has 0 bridgehead atoms. The van der Waals surface area contributed by atoms with Crippen LogP contribution in [0, 0.1) is 11.7 Å². The summed E-state index contributed by atoms with van der Waals surface area (Å²) in [5.74, 6) is 0.262. The molecule has 3 heteroatoms. The molecule has 1 aromatic rings. The van der Waals surface area contributed by atoms with Crippen LogP contribution in [0.15, 0.2) is 24.3 Å². The first-order valence-corrected chi connectivity index (χ1v) is 6.17. The quantitative estimate of drug-likeness (QED) is 0.854. The molecule has 0 spiro atoms. The number of benzene rings is 1. The number of halogens is 1. The third-order valence-electron chi connectivity index (χ3n) is 3.43. The Labute approximate surface area is 101 Å². The second-order valence-corrected chi connectivity index (χ2v) is 4.82. The number of amides is 1. The van der Waals surface area contributed by atoms with Gasteiger partial charge in [-0.25, -0.2) is 4.39 Å². The molecule has 0 aromatic heterocycles. The van der Waals surface area contributed by atoms with Gasteiger partial charge < -0.3 is 5.32 Å². The van der Waals surface area contributed by atoms with Crippen molar-refractivity contribution in [3.8, 4) is 0 Å². The molecule has 3 atom stereocenters. The molecule has 1 fully saturated rings. The minimum absolute atomic E-state index is 0.0782. The number of carbonyl (C=O) groups is 1. The largest absolute Gasteiger partial charge is 0.353 e. The number of rotatable bonds is 4. The van der Waals surface area contributed by atoms with Crippen molar-refractivity contribution >= 4 is 5.91 Å². The van der Waals surface area contributed by atoms with E-state index in [1.54, 1.807) is 12.1 Å². The van der Waals surface area contributed by atoms with Crippen LogP contribution in [-0.4, -0.2) is 11.9 Å². The van der Waals surface area contributed by atoms with Gasteiger partial charge in [0.15, 0.2) is 0 Å². The van der Waals surface area contributed by atoms with E-state index in [4.69, 9.17) is 0 Å². The number of carbonyl (C=O) groups excluding carboxylic acids is 1. The summed E-state index contributed by atoms with van der Waals surface area (Å²) < 4.78 is 12.8. The van der Waals surface area contributed by atoms with Gasteiger partial charge in [0.2, 0.25) is 5.91 Å². The molecule has 0 aliphatic heterocycles. The van der Waals surface area contributed by atoms with Gasteiger partial charge in [-0.15, -0.1) is 0 Å². The topological polar surface area (TPSA) is 29.1 Å². The summed E-state index contributed by atoms with van der Waals surface area (Å²) in [6.45, 7) is 4.06. The Morgan fingerprint density at radius 2 is 2.12 bits per heavy atom. The molecule has 1 aromatic carbocycles. The summed E-state index contributed by atoms with van der Waals surface area (Å²) in [5.41, 5.74) is 1.07. The van der Waals surface area contributed by atoms with Gasteiger partial charge in [-0.2, -0.15) is 0 Å². The average Bonchev–Trinajstić information content (AvgIpc) is 3.10. The molecule has 1 aliphatic rings. The van der Waals surface area contributed by atoms with Crippen LogP contribution < -0.4 is 5.32 Å². The fourth-order valence-electron chi connectivity index (χ4n) is 2.02.